The number of carbonyl (C=O) groups is 1. The minimum atomic E-state index is -0.174. The van der Waals surface area contributed by atoms with E-state index in [2.05, 4.69) is 15.9 Å². The van der Waals surface area contributed by atoms with Crippen LogP contribution in [-0.2, 0) is 4.79 Å². The maximum Gasteiger partial charge on any atom is 0.270 e. The predicted octanol–water partition coefficient (Wildman–Crippen LogP) is 7.45. The van der Waals surface area contributed by atoms with Gasteiger partial charge in [-0.2, -0.15) is 0 Å². The van der Waals surface area contributed by atoms with Gasteiger partial charge in [0.15, 0.2) is 4.32 Å². The summed E-state index contributed by atoms with van der Waals surface area (Å²) >= 11 is 16.4. The van der Waals surface area contributed by atoms with Gasteiger partial charge >= 0.3 is 0 Å². The summed E-state index contributed by atoms with van der Waals surface area (Å²) in [4.78, 5) is 15.3. The van der Waals surface area contributed by atoms with E-state index < -0.39 is 0 Å². The topological polar surface area (TPSA) is 29.5 Å². The Balaban J connectivity index is 1.80. The lowest BCUT2D eigenvalue weighted by Gasteiger charge is -2.16. The Morgan fingerprint density at radius 2 is 1.93 bits per heavy atom. The highest BCUT2D eigenvalue weighted by Crippen LogP contribution is 2.40. The highest BCUT2D eigenvalue weighted by atomic mass is 79.9. The quantitative estimate of drug-likeness (QED) is 0.265. The highest BCUT2D eigenvalue weighted by molar-refractivity contribution is 9.10. The number of halogens is 2. The average molecular weight is 519 g/mol. The van der Waals surface area contributed by atoms with Crippen LogP contribution in [0.3, 0.4) is 0 Å². The third kappa shape index (κ3) is 4.14. The molecule has 1 heterocycles. The van der Waals surface area contributed by atoms with Gasteiger partial charge in [-0.25, -0.2) is 0 Å². The summed E-state index contributed by atoms with van der Waals surface area (Å²) in [6, 6.07) is 17.4. The SMILES string of the molecule is CC(C)Oc1ccc2ccccc2c1/C=C1/SC(=S)N(c2ccc(Br)c(Cl)c2)C1=O. The fourth-order valence-electron chi connectivity index (χ4n) is 3.23. The Morgan fingerprint density at radius 3 is 2.67 bits per heavy atom. The number of nitrogens with zero attached hydrogens (tertiary/aromatic N) is 1. The van der Waals surface area contributed by atoms with Crippen molar-refractivity contribution in [3.05, 3.63) is 74.6 Å². The van der Waals surface area contributed by atoms with E-state index in [-0.39, 0.29) is 12.0 Å². The zero-order valence-electron chi connectivity index (χ0n) is 16.2. The fourth-order valence-corrected chi connectivity index (χ4v) is 4.93. The molecule has 0 N–H and O–H groups in total. The zero-order valence-corrected chi connectivity index (χ0v) is 20.2. The van der Waals surface area contributed by atoms with E-state index in [9.17, 15) is 4.79 Å². The van der Waals surface area contributed by atoms with Crippen LogP contribution < -0.4 is 9.64 Å². The largest absolute Gasteiger partial charge is 0.490 e. The molecule has 0 bridgehead atoms. The van der Waals surface area contributed by atoms with Gasteiger partial charge in [-0.1, -0.05) is 65.9 Å². The van der Waals surface area contributed by atoms with Crippen molar-refractivity contribution in [1.29, 1.82) is 0 Å². The highest BCUT2D eigenvalue weighted by Gasteiger charge is 2.34. The minimum absolute atomic E-state index is 0.0118. The molecule has 1 aliphatic heterocycles. The van der Waals surface area contributed by atoms with Crippen molar-refractivity contribution in [3.8, 4) is 5.75 Å². The summed E-state index contributed by atoms with van der Waals surface area (Å²) in [6.45, 7) is 3.96. The van der Waals surface area contributed by atoms with Crippen LogP contribution in [0.1, 0.15) is 19.4 Å². The Labute approximate surface area is 198 Å². The molecule has 7 heteroatoms. The number of amides is 1. The smallest absolute Gasteiger partial charge is 0.270 e. The molecule has 152 valence electrons. The van der Waals surface area contributed by atoms with Gasteiger partial charge in [0.2, 0.25) is 0 Å². The normalized spacial score (nSPS) is 15.6. The summed E-state index contributed by atoms with van der Waals surface area (Å²) in [6.07, 6.45) is 1.89. The summed E-state index contributed by atoms with van der Waals surface area (Å²) in [5, 5.41) is 2.62. The molecule has 0 aromatic heterocycles. The van der Waals surface area contributed by atoms with Crippen molar-refractivity contribution in [3.63, 3.8) is 0 Å². The van der Waals surface area contributed by atoms with Gasteiger partial charge in [0, 0.05) is 10.0 Å². The number of anilines is 1. The van der Waals surface area contributed by atoms with E-state index in [1.54, 1.807) is 12.1 Å². The van der Waals surface area contributed by atoms with Crippen LogP contribution in [0.25, 0.3) is 16.8 Å². The van der Waals surface area contributed by atoms with Crippen LogP contribution in [0.4, 0.5) is 5.69 Å². The first-order chi connectivity index (χ1) is 14.3. The fraction of sp³-hybridized carbons (Fsp3) is 0.130. The molecule has 3 nitrogen and oxygen atoms in total. The van der Waals surface area contributed by atoms with Gasteiger partial charge in [-0.05, 0) is 70.9 Å². The number of thioether (sulfide) groups is 1. The van der Waals surface area contributed by atoms with Crippen molar-refractivity contribution in [2.24, 2.45) is 0 Å². The number of benzene rings is 3. The van der Waals surface area contributed by atoms with Gasteiger partial charge < -0.3 is 4.74 Å². The first-order valence-electron chi connectivity index (χ1n) is 9.26. The number of carbonyl (C=O) groups excluding carboxylic acids is 1. The molecule has 0 unspecified atom stereocenters. The van der Waals surface area contributed by atoms with Crippen LogP contribution in [0.5, 0.6) is 5.75 Å². The number of fused-ring (bicyclic) bond motifs is 1. The standard InChI is InChI=1S/C23H17BrClNO2S2/c1-13(2)28-20-10-7-14-5-3-4-6-16(14)17(20)12-21-22(27)26(23(29)30-21)15-8-9-18(24)19(25)11-15/h3-13H,1-2H3/b21-12+. The van der Waals surface area contributed by atoms with Crippen LogP contribution in [0.2, 0.25) is 5.02 Å². The van der Waals surface area contributed by atoms with Gasteiger partial charge in [0.25, 0.3) is 5.91 Å². The first-order valence-corrected chi connectivity index (χ1v) is 11.7. The molecule has 3 aromatic rings. The van der Waals surface area contributed by atoms with Crippen LogP contribution in [0, 0.1) is 0 Å². The molecule has 1 aliphatic rings. The second-order valence-corrected chi connectivity index (χ2v) is 9.92. The molecule has 4 rings (SSSR count). The molecule has 30 heavy (non-hydrogen) atoms. The molecule has 1 saturated heterocycles. The average Bonchev–Trinajstić information content (AvgIpc) is 2.99. The zero-order chi connectivity index (χ0) is 21.4. The van der Waals surface area contributed by atoms with Gasteiger partial charge in [-0.3, -0.25) is 9.69 Å². The lowest BCUT2D eigenvalue weighted by atomic mass is 10.0. The third-order valence-corrected chi connectivity index (χ3v) is 7.06. The Kier molecular flexibility index (Phi) is 6.21. The van der Waals surface area contributed by atoms with Gasteiger partial charge in [0.05, 0.1) is 21.7 Å². The minimum Gasteiger partial charge on any atom is -0.490 e. The molecule has 1 fully saturated rings. The molecule has 0 aliphatic carbocycles. The van der Waals surface area contributed by atoms with Crippen LogP contribution in [-0.4, -0.2) is 16.3 Å². The van der Waals surface area contributed by atoms with E-state index in [1.165, 1.54) is 16.7 Å². The number of ether oxygens (including phenoxy) is 1. The third-order valence-electron chi connectivity index (χ3n) is 4.52. The van der Waals surface area contributed by atoms with Crippen molar-refractivity contribution < 1.29 is 9.53 Å². The van der Waals surface area contributed by atoms with E-state index >= 15 is 0 Å². The molecule has 0 spiro atoms. The van der Waals surface area contributed by atoms with Gasteiger partial charge in [0.1, 0.15) is 5.75 Å². The first kappa shape index (κ1) is 21.4. The Morgan fingerprint density at radius 1 is 1.17 bits per heavy atom. The Bertz CT molecular complexity index is 1210. The maximum atomic E-state index is 13.2. The van der Waals surface area contributed by atoms with E-state index in [0.717, 1.165) is 26.6 Å². The number of hydrogen-bond acceptors (Lipinski definition) is 4. The van der Waals surface area contributed by atoms with Gasteiger partial charge in [-0.15, -0.1) is 0 Å². The van der Waals surface area contributed by atoms with Crippen molar-refractivity contribution in [2.45, 2.75) is 20.0 Å². The van der Waals surface area contributed by atoms with E-state index in [1.807, 2.05) is 62.4 Å². The molecule has 0 radical (unpaired) electrons. The van der Waals surface area contributed by atoms with E-state index in [4.69, 9.17) is 28.6 Å². The summed E-state index contributed by atoms with van der Waals surface area (Å²) in [5.74, 6) is 0.562. The summed E-state index contributed by atoms with van der Waals surface area (Å²) < 4.78 is 7.26. The maximum absolute atomic E-state index is 13.2. The number of hydrogen-bond donors (Lipinski definition) is 0. The van der Waals surface area contributed by atoms with Crippen LogP contribution in [0.15, 0.2) is 64.0 Å². The summed E-state index contributed by atoms with van der Waals surface area (Å²) in [7, 11) is 0. The van der Waals surface area contributed by atoms with Crippen molar-refractivity contribution in [2.75, 3.05) is 4.90 Å². The van der Waals surface area contributed by atoms with Crippen molar-refractivity contribution >= 4 is 84.3 Å². The predicted molar refractivity (Wildman–Crippen MR) is 135 cm³/mol. The molecular weight excluding hydrogens is 502 g/mol. The molecular formula is C23H17BrClNO2S2. The monoisotopic (exact) mass is 517 g/mol. The molecule has 3 aromatic carbocycles. The second kappa shape index (κ2) is 8.71. The lowest BCUT2D eigenvalue weighted by molar-refractivity contribution is -0.113. The molecule has 0 saturated carbocycles. The van der Waals surface area contributed by atoms with E-state index in [0.29, 0.717) is 19.9 Å². The Hall–Kier alpha value is -1.86. The molecule has 1 amide bonds. The van der Waals surface area contributed by atoms with Crippen LogP contribution >= 0.6 is 51.5 Å². The molecule has 0 atom stereocenters. The summed E-state index contributed by atoms with van der Waals surface area (Å²) in [5.41, 5.74) is 1.52. The number of thiocarbonyl (C=S) groups is 1. The lowest BCUT2D eigenvalue weighted by Crippen LogP contribution is -2.27. The number of rotatable bonds is 4. The van der Waals surface area contributed by atoms with Crippen molar-refractivity contribution in [1.82, 2.24) is 0 Å². The second-order valence-electron chi connectivity index (χ2n) is 6.98.